The SMILES string of the molecule is CCC(C(=O)N(CC)CC1CCCCN1)c1ccccc1. The number of carbonyl (C=O) groups excluding carboxylic acids is 1. The number of nitrogens with zero attached hydrogens (tertiary/aromatic N) is 1. The number of benzene rings is 1. The van der Waals surface area contributed by atoms with Crippen LogP contribution < -0.4 is 5.32 Å². The Morgan fingerprint density at radius 2 is 2.05 bits per heavy atom. The van der Waals surface area contributed by atoms with Crippen molar-refractivity contribution in [3.63, 3.8) is 0 Å². The third-order valence-electron chi connectivity index (χ3n) is 4.45. The zero-order valence-corrected chi connectivity index (χ0v) is 13.3. The van der Waals surface area contributed by atoms with Crippen LogP contribution in [-0.2, 0) is 4.79 Å². The van der Waals surface area contributed by atoms with E-state index in [1.165, 1.54) is 19.3 Å². The summed E-state index contributed by atoms with van der Waals surface area (Å²) in [5.41, 5.74) is 1.14. The molecule has 21 heavy (non-hydrogen) atoms. The number of hydrogen-bond donors (Lipinski definition) is 1. The molecule has 1 amide bonds. The molecule has 0 radical (unpaired) electrons. The Kier molecular flexibility index (Phi) is 6.24. The molecule has 1 N–H and O–H groups in total. The summed E-state index contributed by atoms with van der Waals surface area (Å²) in [4.78, 5) is 14.9. The zero-order valence-electron chi connectivity index (χ0n) is 13.3. The minimum Gasteiger partial charge on any atom is -0.341 e. The molecule has 0 aliphatic carbocycles. The predicted molar refractivity (Wildman–Crippen MR) is 87.4 cm³/mol. The number of rotatable bonds is 6. The number of nitrogens with one attached hydrogen (secondary N) is 1. The molecule has 1 aromatic carbocycles. The lowest BCUT2D eigenvalue weighted by molar-refractivity contribution is -0.133. The molecule has 0 bridgehead atoms. The summed E-state index contributed by atoms with van der Waals surface area (Å²) < 4.78 is 0. The maximum Gasteiger partial charge on any atom is 0.230 e. The van der Waals surface area contributed by atoms with E-state index in [4.69, 9.17) is 0 Å². The first-order chi connectivity index (χ1) is 10.3. The first-order valence-electron chi connectivity index (χ1n) is 8.33. The van der Waals surface area contributed by atoms with Crippen LogP contribution >= 0.6 is 0 Å². The molecule has 1 aromatic rings. The van der Waals surface area contributed by atoms with Gasteiger partial charge in [-0.3, -0.25) is 4.79 Å². The average molecular weight is 288 g/mol. The first kappa shape index (κ1) is 16.0. The van der Waals surface area contributed by atoms with Gasteiger partial charge in [-0.25, -0.2) is 0 Å². The van der Waals surface area contributed by atoms with Crippen molar-refractivity contribution in [1.29, 1.82) is 0 Å². The molecule has 1 aliphatic rings. The molecule has 0 saturated carbocycles. The van der Waals surface area contributed by atoms with E-state index < -0.39 is 0 Å². The second kappa shape index (κ2) is 8.18. The van der Waals surface area contributed by atoms with Gasteiger partial charge in [-0.05, 0) is 38.3 Å². The van der Waals surface area contributed by atoms with Crippen molar-refractivity contribution >= 4 is 5.91 Å². The Bertz CT molecular complexity index is 426. The summed E-state index contributed by atoms with van der Waals surface area (Å²) >= 11 is 0. The summed E-state index contributed by atoms with van der Waals surface area (Å²) in [5.74, 6) is 0.272. The van der Waals surface area contributed by atoms with Gasteiger partial charge < -0.3 is 10.2 Å². The van der Waals surface area contributed by atoms with E-state index in [2.05, 4.69) is 31.3 Å². The smallest absolute Gasteiger partial charge is 0.230 e. The molecule has 1 saturated heterocycles. The third-order valence-corrected chi connectivity index (χ3v) is 4.45. The van der Waals surface area contributed by atoms with Gasteiger partial charge in [0.25, 0.3) is 0 Å². The van der Waals surface area contributed by atoms with E-state index in [0.29, 0.717) is 6.04 Å². The number of amides is 1. The average Bonchev–Trinajstić information content (AvgIpc) is 2.55. The van der Waals surface area contributed by atoms with Crippen LogP contribution in [0.1, 0.15) is 51.0 Å². The quantitative estimate of drug-likeness (QED) is 0.872. The number of likely N-dealkylation sites (N-methyl/N-ethyl adjacent to an activating group) is 1. The van der Waals surface area contributed by atoms with E-state index >= 15 is 0 Å². The van der Waals surface area contributed by atoms with E-state index in [1.54, 1.807) is 0 Å². The van der Waals surface area contributed by atoms with Crippen molar-refractivity contribution in [2.24, 2.45) is 0 Å². The molecule has 2 unspecified atom stereocenters. The highest BCUT2D eigenvalue weighted by Crippen LogP contribution is 2.22. The Morgan fingerprint density at radius 3 is 2.62 bits per heavy atom. The van der Waals surface area contributed by atoms with Crippen molar-refractivity contribution in [3.05, 3.63) is 35.9 Å². The fraction of sp³-hybridized carbons (Fsp3) is 0.611. The summed E-state index contributed by atoms with van der Waals surface area (Å²) in [6, 6.07) is 10.6. The van der Waals surface area contributed by atoms with Crippen LogP contribution in [0, 0.1) is 0 Å². The number of piperidine rings is 1. The Morgan fingerprint density at radius 1 is 1.29 bits per heavy atom. The summed E-state index contributed by atoms with van der Waals surface area (Å²) in [6.45, 7) is 6.91. The molecule has 116 valence electrons. The Balaban J connectivity index is 2.03. The topological polar surface area (TPSA) is 32.3 Å². The van der Waals surface area contributed by atoms with Gasteiger partial charge in [-0.15, -0.1) is 0 Å². The molecule has 3 heteroatoms. The maximum absolute atomic E-state index is 12.9. The van der Waals surface area contributed by atoms with E-state index in [1.807, 2.05) is 23.1 Å². The van der Waals surface area contributed by atoms with Crippen LogP contribution in [0.5, 0.6) is 0 Å². The van der Waals surface area contributed by atoms with Gasteiger partial charge in [0.05, 0.1) is 5.92 Å². The van der Waals surface area contributed by atoms with Gasteiger partial charge in [0.15, 0.2) is 0 Å². The molecular weight excluding hydrogens is 260 g/mol. The highest BCUT2D eigenvalue weighted by molar-refractivity contribution is 5.83. The lowest BCUT2D eigenvalue weighted by Gasteiger charge is -2.32. The van der Waals surface area contributed by atoms with E-state index in [9.17, 15) is 4.79 Å². The van der Waals surface area contributed by atoms with Gasteiger partial charge in [-0.1, -0.05) is 43.7 Å². The first-order valence-corrected chi connectivity index (χ1v) is 8.33. The summed E-state index contributed by atoms with van der Waals surface area (Å²) in [5, 5.41) is 3.54. The van der Waals surface area contributed by atoms with Crippen molar-refractivity contribution in [2.45, 2.75) is 51.5 Å². The van der Waals surface area contributed by atoms with Gasteiger partial charge in [0.2, 0.25) is 5.91 Å². The second-order valence-corrected chi connectivity index (χ2v) is 5.90. The maximum atomic E-state index is 12.9. The van der Waals surface area contributed by atoms with Gasteiger partial charge in [0, 0.05) is 19.1 Å². The molecule has 1 fully saturated rings. The fourth-order valence-corrected chi connectivity index (χ4v) is 3.18. The predicted octanol–water partition coefficient (Wildman–Crippen LogP) is 3.17. The lowest BCUT2D eigenvalue weighted by atomic mass is 9.94. The van der Waals surface area contributed by atoms with Crippen molar-refractivity contribution in [1.82, 2.24) is 10.2 Å². The monoisotopic (exact) mass is 288 g/mol. The fourth-order valence-electron chi connectivity index (χ4n) is 3.18. The molecule has 1 heterocycles. The van der Waals surface area contributed by atoms with Crippen LogP contribution in [0.15, 0.2) is 30.3 Å². The summed E-state index contributed by atoms with van der Waals surface area (Å²) in [7, 11) is 0. The molecular formula is C18H28N2O. The molecule has 0 aromatic heterocycles. The normalized spacial score (nSPS) is 20.0. The highest BCUT2D eigenvalue weighted by atomic mass is 16.2. The van der Waals surface area contributed by atoms with Crippen LogP contribution in [0.25, 0.3) is 0 Å². The summed E-state index contributed by atoms with van der Waals surface area (Å²) in [6.07, 6.45) is 4.58. The van der Waals surface area contributed by atoms with Gasteiger partial charge in [0.1, 0.15) is 0 Å². The van der Waals surface area contributed by atoms with Crippen molar-refractivity contribution in [2.75, 3.05) is 19.6 Å². The zero-order chi connectivity index (χ0) is 15.1. The Hall–Kier alpha value is -1.35. The van der Waals surface area contributed by atoms with Crippen LogP contribution in [0.2, 0.25) is 0 Å². The Labute approximate surface area is 128 Å². The minimum atomic E-state index is -0.00487. The standard InChI is InChI=1S/C18H28N2O/c1-3-17(15-10-6-5-7-11-15)18(21)20(4-2)14-16-12-8-9-13-19-16/h5-7,10-11,16-17,19H,3-4,8-9,12-14H2,1-2H3. The lowest BCUT2D eigenvalue weighted by Crippen LogP contribution is -2.46. The van der Waals surface area contributed by atoms with Crippen molar-refractivity contribution in [3.8, 4) is 0 Å². The number of carbonyl (C=O) groups is 1. The molecule has 3 nitrogen and oxygen atoms in total. The van der Waals surface area contributed by atoms with Crippen LogP contribution in [0.3, 0.4) is 0 Å². The third kappa shape index (κ3) is 4.31. The molecule has 1 aliphatic heterocycles. The van der Waals surface area contributed by atoms with Crippen LogP contribution in [-0.4, -0.2) is 36.5 Å². The largest absolute Gasteiger partial charge is 0.341 e. The second-order valence-electron chi connectivity index (χ2n) is 5.90. The minimum absolute atomic E-state index is 0.00487. The van der Waals surface area contributed by atoms with Crippen molar-refractivity contribution < 1.29 is 4.79 Å². The molecule has 2 atom stereocenters. The van der Waals surface area contributed by atoms with E-state index in [-0.39, 0.29) is 11.8 Å². The molecule has 0 spiro atoms. The number of hydrogen-bond acceptors (Lipinski definition) is 2. The molecule has 2 rings (SSSR count). The highest BCUT2D eigenvalue weighted by Gasteiger charge is 2.25. The van der Waals surface area contributed by atoms with Gasteiger partial charge in [-0.2, -0.15) is 0 Å². The van der Waals surface area contributed by atoms with Gasteiger partial charge >= 0.3 is 0 Å². The van der Waals surface area contributed by atoms with E-state index in [0.717, 1.165) is 31.6 Å². The van der Waals surface area contributed by atoms with Crippen LogP contribution in [0.4, 0.5) is 0 Å².